The van der Waals surface area contributed by atoms with Gasteiger partial charge in [0.15, 0.2) is 0 Å². The standard InChI is InChI=1S/C65H41NS/c1-2-17-48-42(15-1)16-13-23-49(48)43-31-36-46(37-32-43)66(61-29-11-6-18-50(61)45-35-40-63-56(41-45)54-21-7-12-30-62(54)67-63)47-38-33-44(34-39-47)51-24-14-28-60-64(51)55-22-5-10-27-59(55)65(60)57-25-8-3-19-52(57)53-20-4-9-26-58(53)65/h1-41H. The molecule has 312 valence electrons. The van der Waals surface area contributed by atoms with Crippen LogP contribution in [0.5, 0.6) is 0 Å². The number of rotatable bonds is 6. The van der Waals surface area contributed by atoms with Crippen molar-refractivity contribution in [2.45, 2.75) is 5.41 Å². The molecule has 1 nitrogen and oxygen atoms in total. The monoisotopic (exact) mass is 867 g/mol. The Morgan fingerprint density at radius 2 is 0.776 bits per heavy atom. The van der Waals surface area contributed by atoms with Gasteiger partial charge in [0.05, 0.1) is 11.1 Å². The second-order valence-electron chi connectivity index (χ2n) is 17.9. The number of fused-ring (bicyclic) bond motifs is 14. The number of hydrogen-bond donors (Lipinski definition) is 0. The molecule has 0 N–H and O–H groups in total. The first-order valence-corrected chi connectivity index (χ1v) is 24.0. The van der Waals surface area contributed by atoms with Crippen molar-refractivity contribution in [3.8, 4) is 55.6 Å². The zero-order chi connectivity index (χ0) is 44.1. The molecule has 11 aromatic carbocycles. The van der Waals surface area contributed by atoms with Gasteiger partial charge in [-0.1, -0.05) is 200 Å². The number of thiophene rings is 1. The lowest BCUT2D eigenvalue weighted by Crippen LogP contribution is -2.25. The predicted octanol–water partition coefficient (Wildman–Crippen LogP) is 18.0. The maximum atomic E-state index is 2.44. The van der Waals surface area contributed by atoms with Crippen LogP contribution >= 0.6 is 11.3 Å². The van der Waals surface area contributed by atoms with Crippen LogP contribution in [0.25, 0.3) is 86.6 Å². The van der Waals surface area contributed by atoms with Crippen LogP contribution in [-0.2, 0) is 5.41 Å². The molecule has 14 rings (SSSR count). The SMILES string of the molecule is c1ccc(N(c2ccc(-c3cccc4c3-c3ccccc3C43c4ccccc4-c4ccccc43)cc2)c2ccc(-c3cccc4ccccc34)cc2)c(-c2ccc3sc4ccccc4c3c2)c1. The van der Waals surface area contributed by atoms with Crippen LogP contribution in [0, 0.1) is 0 Å². The van der Waals surface area contributed by atoms with E-state index in [1.807, 2.05) is 11.3 Å². The fraction of sp³-hybridized carbons (Fsp3) is 0.0154. The number of anilines is 3. The third kappa shape index (κ3) is 5.61. The fourth-order valence-corrected chi connectivity index (χ4v) is 12.8. The predicted molar refractivity (Wildman–Crippen MR) is 284 cm³/mol. The Morgan fingerprint density at radius 3 is 1.51 bits per heavy atom. The van der Waals surface area contributed by atoms with Gasteiger partial charge in [-0.3, -0.25) is 0 Å². The molecular formula is C65H41NS. The largest absolute Gasteiger partial charge is 0.310 e. The lowest BCUT2D eigenvalue weighted by Gasteiger charge is -2.30. The summed E-state index contributed by atoms with van der Waals surface area (Å²) in [6.07, 6.45) is 0. The van der Waals surface area contributed by atoms with Gasteiger partial charge in [-0.05, 0) is 132 Å². The molecule has 0 saturated heterocycles. The highest BCUT2D eigenvalue weighted by molar-refractivity contribution is 7.25. The Morgan fingerprint density at radius 1 is 0.299 bits per heavy atom. The third-order valence-electron chi connectivity index (χ3n) is 14.5. The summed E-state index contributed by atoms with van der Waals surface area (Å²) in [6, 6.07) is 92.5. The number of benzene rings is 11. The van der Waals surface area contributed by atoms with Crippen LogP contribution in [0.4, 0.5) is 17.1 Å². The van der Waals surface area contributed by atoms with Crippen LogP contribution in [-0.4, -0.2) is 0 Å². The van der Waals surface area contributed by atoms with Crippen molar-refractivity contribution < 1.29 is 0 Å². The van der Waals surface area contributed by atoms with Crippen molar-refractivity contribution in [3.63, 3.8) is 0 Å². The molecule has 0 unspecified atom stereocenters. The Kier molecular flexibility index (Phi) is 8.44. The Hall–Kier alpha value is -8.30. The first kappa shape index (κ1) is 38.0. The summed E-state index contributed by atoms with van der Waals surface area (Å²) in [5.74, 6) is 0. The molecule has 2 aliphatic rings. The molecule has 0 atom stereocenters. The number of para-hydroxylation sites is 1. The van der Waals surface area contributed by atoms with Crippen LogP contribution in [0.2, 0.25) is 0 Å². The van der Waals surface area contributed by atoms with Crippen molar-refractivity contribution in [2.24, 2.45) is 0 Å². The Balaban J connectivity index is 0.928. The van der Waals surface area contributed by atoms with Gasteiger partial charge in [0.25, 0.3) is 0 Å². The zero-order valence-corrected chi connectivity index (χ0v) is 37.3. The summed E-state index contributed by atoms with van der Waals surface area (Å²) in [6.45, 7) is 0. The summed E-state index contributed by atoms with van der Waals surface area (Å²) in [5, 5.41) is 5.11. The molecule has 1 aromatic heterocycles. The van der Waals surface area contributed by atoms with E-state index in [-0.39, 0.29) is 5.41 Å². The Bertz CT molecular complexity index is 3880. The van der Waals surface area contributed by atoms with E-state index in [1.165, 1.54) is 109 Å². The van der Waals surface area contributed by atoms with Gasteiger partial charge < -0.3 is 4.90 Å². The molecule has 1 heterocycles. The lowest BCUT2D eigenvalue weighted by atomic mass is 9.70. The second kappa shape index (κ2) is 14.9. The number of nitrogens with zero attached hydrogens (tertiary/aromatic N) is 1. The summed E-state index contributed by atoms with van der Waals surface area (Å²) >= 11 is 1.86. The van der Waals surface area contributed by atoms with Crippen molar-refractivity contribution >= 4 is 59.3 Å². The minimum Gasteiger partial charge on any atom is -0.310 e. The van der Waals surface area contributed by atoms with Gasteiger partial charge in [0, 0.05) is 37.1 Å². The van der Waals surface area contributed by atoms with Gasteiger partial charge in [-0.25, -0.2) is 0 Å². The zero-order valence-electron chi connectivity index (χ0n) is 36.5. The maximum Gasteiger partial charge on any atom is 0.0725 e. The van der Waals surface area contributed by atoms with E-state index in [2.05, 4.69) is 254 Å². The third-order valence-corrected chi connectivity index (χ3v) is 15.7. The van der Waals surface area contributed by atoms with E-state index < -0.39 is 0 Å². The van der Waals surface area contributed by atoms with Gasteiger partial charge in [-0.15, -0.1) is 11.3 Å². The summed E-state index contributed by atoms with van der Waals surface area (Å²) in [7, 11) is 0. The molecule has 2 aliphatic carbocycles. The molecule has 0 bridgehead atoms. The molecule has 0 aliphatic heterocycles. The van der Waals surface area contributed by atoms with E-state index in [0.29, 0.717) is 0 Å². The molecule has 12 aromatic rings. The maximum absolute atomic E-state index is 2.44. The summed E-state index contributed by atoms with van der Waals surface area (Å²) in [4.78, 5) is 2.44. The molecule has 0 amide bonds. The lowest BCUT2D eigenvalue weighted by molar-refractivity contribution is 0.794. The summed E-state index contributed by atoms with van der Waals surface area (Å²) < 4.78 is 2.62. The molecule has 0 fully saturated rings. The van der Waals surface area contributed by atoms with Gasteiger partial charge in [0.1, 0.15) is 0 Å². The van der Waals surface area contributed by atoms with Crippen LogP contribution in [0.1, 0.15) is 22.3 Å². The topological polar surface area (TPSA) is 3.24 Å². The average molecular weight is 868 g/mol. The van der Waals surface area contributed by atoms with E-state index in [0.717, 1.165) is 17.1 Å². The van der Waals surface area contributed by atoms with Gasteiger partial charge in [0.2, 0.25) is 0 Å². The van der Waals surface area contributed by atoms with Gasteiger partial charge >= 0.3 is 0 Å². The molecule has 1 spiro atoms. The molecule has 0 radical (unpaired) electrons. The van der Waals surface area contributed by atoms with E-state index >= 15 is 0 Å². The van der Waals surface area contributed by atoms with Crippen molar-refractivity contribution in [2.75, 3.05) is 4.90 Å². The molecule has 2 heteroatoms. The van der Waals surface area contributed by atoms with Crippen LogP contribution in [0.15, 0.2) is 249 Å². The quantitative estimate of drug-likeness (QED) is 0.161. The minimum absolute atomic E-state index is 0.383. The minimum atomic E-state index is -0.383. The normalized spacial score (nSPS) is 12.9. The molecule has 67 heavy (non-hydrogen) atoms. The Labute approximate surface area is 394 Å². The van der Waals surface area contributed by atoms with Crippen molar-refractivity contribution in [1.29, 1.82) is 0 Å². The smallest absolute Gasteiger partial charge is 0.0725 e. The molecular weight excluding hydrogens is 827 g/mol. The van der Waals surface area contributed by atoms with Gasteiger partial charge in [-0.2, -0.15) is 0 Å². The number of hydrogen-bond acceptors (Lipinski definition) is 2. The van der Waals surface area contributed by atoms with E-state index in [1.54, 1.807) is 0 Å². The van der Waals surface area contributed by atoms with Crippen LogP contribution in [0.3, 0.4) is 0 Å². The highest BCUT2D eigenvalue weighted by atomic mass is 32.1. The van der Waals surface area contributed by atoms with Crippen LogP contribution < -0.4 is 4.90 Å². The van der Waals surface area contributed by atoms with Crippen molar-refractivity contribution in [3.05, 3.63) is 271 Å². The van der Waals surface area contributed by atoms with E-state index in [4.69, 9.17) is 0 Å². The average Bonchev–Trinajstić information content (AvgIpc) is 4.03. The first-order valence-electron chi connectivity index (χ1n) is 23.2. The van der Waals surface area contributed by atoms with E-state index in [9.17, 15) is 0 Å². The highest BCUT2D eigenvalue weighted by Crippen LogP contribution is 2.64. The summed E-state index contributed by atoms with van der Waals surface area (Å²) in [5.41, 5.74) is 20.9. The fourth-order valence-electron chi connectivity index (χ4n) is 11.7. The van der Waals surface area contributed by atoms with Crippen molar-refractivity contribution in [1.82, 2.24) is 0 Å². The first-order chi connectivity index (χ1) is 33.2. The highest BCUT2D eigenvalue weighted by Gasteiger charge is 2.52. The molecule has 0 saturated carbocycles. The second-order valence-corrected chi connectivity index (χ2v) is 19.0.